The lowest BCUT2D eigenvalue weighted by atomic mass is 10.1. The Labute approximate surface area is 123 Å². The van der Waals surface area contributed by atoms with E-state index in [1.807, 2.05) is 0 Å². The van der Waals surface area contributed by atoms with Crippen molar-refractivity contribution in [1.82, 2.24) is 9.88 Å². The minimum absolute atomic E-state index is 0.0243. The van der Waals surface area contributed by atoms with Gasteiger partial charge in [-0.2, -0.15) is 0 Å². The lowest BCUT2D eigenvalue weighted by Crippen LogP contribution is -2.56. The van der Waals surface area contributed by atoms with Crippen molar-refractivity contribution < 1.29 is 14.5 Å². The molecule has 1 aromatic heterocycles. The molecule has 0 saturated carbocycles. The number of non-ortho nitro benzene ring substituents is 1. The second-order valence-corrected chi connectivity index (χ2v) is 5.29. The summed E-state index contributed by atoms with van der Waals surface area (Å²) in [6.07, 6.45) is -0.0889. The summed E-state index contributed by atoms with van der Waals surface area (Å²) in [4.78, 5) is 27.7. The van der Waals surface area contributed by atoms with E-state index in [-0.39, 0.29) is 17.7 Å². The molecule has 2 heterocycles. The minimum atomic E-state index is -0.457. The van der Waals surface area contributed by atoms with Gasteiger partial charge in [0.15, 0.2) is 0 Å². The molecule has 0 radical (unpaired) electrons. The number of ether oxygens (including phenoxy) is 1. The predicted molar refractivity (Wildman–Crippen MR) is 75.5 cm³/mol. The lowest BCUT2D eigenvalue weighted by Gasteiger charge is -2.38. The first-order valence-electron chi connectivity index (χ1n) is 6.22. The fourth-order valence-corrected chi connectivity index (χ4v) is 2.52. The van der Waals surface area contributed by atoms with Crippen LogP contribution in [0.2, 0.25) is 0 Å². The van der Waals surface area contributed by atoms with Gasteiger partial charge in [-0.3, -0.25) is 14.9 Å². The highest BCUT2D eigenvalue weighted by molar-refractivity contribution is 7.07. The fourth-order valence-electron chi connectivity index (χ4n) is 2.00. The molecule has 0 N–H and O–H groups in total. The van der Waals surface area contributed by atoms with Crippen molar-refractivity contribution >= 4 is 22.9 Å². The Balaban J connectivity index is 1.53. The summed E-state index contributed by atoms with van der Waals surface area (Å²) in [7, 11) is 0. The Hall–Kier alpha value is -2.48. The van der Waals surface area contributed by atoms with Crippen LogP contribution in [0.4, 0.5) is 5.69 Å². The van der Waals surface area contributed by atoms with E-state index in [1.54, 1.807) is 27.9 Å². The topological polar surface area (TPSA) is 85.6 Å². The van der Waals surface area contributed by atoms with Crippen LogP contribution in [0.5, 0.6) is 5.75 Å². The molecular weight excluding hydrogens is 294 g/mol. The number of likely N-dealkylation sites (tertiary alicyclic amines) is 1. The van der Waals surface area contributed by atoms with E-state index in [0.29, 0.717) is 24.5 Å². The van der Waals surface area contributed by atoms with Crippen molar-refractivity contribution in [3.63, 3.8) is 0 Å². The Morgan fingerprint density at radius 2 is 2.10 bits per heavy atom. The zero-order chi connectivity index (χ0) is 14.8. The molecule has 1 aliphatic heterocycles. The maximum atomic E-state index is 11.9. The van der Waals surface area contributed by atoms with Gasteiger partial charge in [-0.15, -0.1) is 11.3 Å². The molecular formula is C13H11N3O4S. The van der Waals surface area contributed by atoms with Crippen molar-refractivity contribution in [3.8, 4) is 5.75 Å². The Morgan fingerprint density at radius 3 is 2.67 bits per heavy atom. The van der Waals surface area contributed by atoms with Crippen LogP contribution in [0.1, 0.15) is 10.5 Å². The summed E-state index contributed by atoms with van der Waals surface area (Å²) in [5.41, 5.74) is 2.10. The number of nitrogens with zero attached hydrogens (tertiary/aromatic N) is 3. The molecule has 1 fully saturated rings. The van der Waals surface area contributed by atoms with Crippen LogP contribution in [0, 0.1) is 10.1 Å². The minimum Gasteiger partial charge on any atom is -0.487 e. The number of hydrogen-bond acceptors (Lipinski definition) is 6. The molecule has 1 aromatic carbocycles. The normalized spacial score (nSPS) is 14.6. The molecule has 0 spiro atoms. The number of carbonyl (C=O) groups excluding carboxylic acids is 1. The van der Waals surface area contributed by atoms with Crippen LogP contribution in [0.25, 0.3) is 0 Å². The van der Waals surface area contributed by atoms with Gasteiger partial charge in [-0.25, -0.2) is 4.98 Å². The van der Waals surface area contributed by atoms with Gasteiger partial charge in [0.05, 0.1) is 23.5 Å². The maximum Gasteiger partial charge on any atom is 0.273 e. The van der Waals surface area contributed by atoms with E-state index in [4.69, 9.17) is 4.74 Å². The Morgan fingerprint density at radius 1 is 1.38 bits per heavy atom. The number of thiazole rings is 1. The summed E-state index contributed by atoms with van der Waals surface area (Å²) in [6.45, 7) is 0.987. The van der Waals surface area contributed by atoms with E-state index in [2.05, 4.69) is 4.98 Å². The molecule has 7 nitrogen and oxygen atoms in total. The number of amides is 1. The number of nitro groups is 1. The summed E-state index contributed by atoms with van der Waals surface area (Å²) >= 11 is 1.38. The van der Waals surface area contributed by atoms with Gasteiger partial charge in [-0.05, 0) is 12.1 Å². The molecule has 8 heteroatoms. The number of nitro benzene ring substituents is 1. The van der Waals surface area contributed by atoms with Gasteiger partial charge in [0.1, 0.15) is 17.5 Å². The zero-order valence-electron chi connectivity index (χ0n) is 10.8. The maximum absolute atomic E-state index is 11.9. The SMILES string of the molecule is O=C(c1cscn1)N1CC(Oc2ccc([N+](=O)[O-])cc2)C1. The van der Waals surface area contributed by atoms with E-state index < -0.39 is 4.92 Å². The predicted octanol–water partition coefficient (Wildman–Crippen LogP) is 1.95. The number of hydrogen-bond donors (Lipinski definition) is 0. The Bertz CT molecular complexity index is 651. The molecule has 21 heavy (non-hydrogen) atoms. The van der Waals surface area contributed by atoms with Crippen LogP contribution in [-0.4, -0.2) is 39.9 Å². The molecule has 3 rings (SSSR count). The van der Waals surface area contributed by atoms with E-state index in [0.717, 1.165) is 0 Å². The zero-order valence-corrected chi connectivity index (χ0v) is 11.7. The second-order valence-electron chi connectivity index (χ2n) is 4.57. The molecule has 0 unspecified atom stereocenters. The van der Waals surface area contributed by atoms with E-state index in [1.165, 1.54) is 23.5 Å². The molecule has 2 aromatic rings. The van der Waals surface area contributed by atoms with Gasteiger partial charge in [0, 0.05) is 17.5 Å². The summed E-state index contributed by atoms with van der Waals surface area (Å²) in [6, 6.07) is 5.91. The van der Waals surface area contributed by atoms with Crippen molar-refractivity contribution in [2.24, 2.45) is 0 Å². The van der Waals surface area contributed by atoms with Gasteiger partial charge < -0.3 is 9.64 Å². The number of benzene rings is 1. The fraction of sp³-hybridized carbons (Fsp3) is 0.231. The summed E-state index contributed by atoms with van der Waals surface area (Å²) in [5, 5.41) is 12.3. The van der Waals surface area contributed by atoms with E-state index in [9.17, 15) is 14.9 Å². The molecule has 0 bridgehead atoms. The third-order valence-electron chi connectivity index (χ3n) is 3.14. The van der Waals surface area contributed by atoms with Gasteiger partial charge in [0.25, 0.3) is 11.6 Å². The van der Waals surface area contributed by atoms with Crippen molar-refractivity contribution in [3.05, 3.63) is 51.0 Å². The molecule has 1 aliphatic rings. The van der Waals surface area contributed by atoms with Crippen LogP contribution in [0.15, 0.2) is 35.2 Å². The average molecular weight is 305 g/mol. The average Bonchev–Trinajstić information content (AvgIpc) is 2.96. The lowest BCUT2D eigenvalue weighted by molar-refractivity contribution is -0.384. The number of rotatable bonds is 4. The molecule has 0 atom stereocenters. The van der Waals surface area contributed by atoms with Crippen LogP contribution in [-0.2, 0) is 0 Å². The number of carbonyl (C=O) groups is 1. The quantitative estimate of drug-likeness (QED) is 0.636. The molecule has 0 aliphatic carbocycles. The molecule has 108 valence electrons. The van der Waals surface area contributed by atoms with Crippen molar-refractivity contribution in [1.29, 1.82) is 0 Å². The van der Waals surface area contributed by atoms with Gasteiger partial charge >= 0.3 is 0 Å². The van der Waals surface area contributed by atoms with Crippen molar-refractivity contribution in [2.75, 3.05) is 13.1 Å². The molecule has 1 amide bonds. The van der Waals surface area contributed by atoms with E-state index >= 15 is 0 Å². The Kier molecular flexibility index (Phi) is 3.53. The van der Waals surface area contributed by atoms with Gasteiger partial charge in [0.2, 0.25) is 0 Å². The highest BCUT2D eigenvalue weighted by Gasteiger charge is 2.33. The highest BCUT2D eigenvalue weighted by atomic mass is 32.1. The third-order valence-corrected chi connectivity index (χ3v) is 3.72. The highest BCUT2D eigenvalue weighted by Crippen LogP contribution is 2.22. The monoisotopic (exact) mass is 305 g/mol. The summed E-state index contributed by atoms with van der Waals surface area (Å²) in [5.74, 6) is 0.464. The van der Waals surface area contributed by atoms with Gasteiger partial charge in [-0.1, -0.05) is 0 Å². The smallest absolute Gasteiger partial charge is 0.273 e. The first kappa shape index (κ1) is 13.5. The summed E-state index contributed by atoms with van der Waals surface area (Å²) < 4.78 is 5.65. The standard InChI is InChI=1S/C13H11N3O4S/c17-13(12-7-21-8-14-12)15-5-11(6-15)20-10-3-1-9(2-4-10)16(18)19/h1-4,7-8,11H,5-6H2. The van der Waals surface area contributed by atoms with Crippen LogP contribution >= 0.6 is 11.3 Å². The van der Waals surface area contributed by atoms with Crippen LogP contribution < -0.4 is 4.74 Å². The van der Waals surface area contributed by atoms with Crippen LogP contribution in [0.3, 0.4) is 0 Å². The van der Waals surface area contributed by atoms with Crippen molar-refractivity contribution in [2.45, 2.75) is 6.10 Å². The first-order chi connectivity index (χ1) is 10.1. The number of aromatic nitrogens is 1. The largest absolute Gasteiger partial charge is 0.487 e. The molecule has 1 saturated heterocycles. The second kappa shape index (κ2) is 5.49. The third kappa shape index (κ3) is 2.84. The first-order valence-corrected chi connectivity index (χ1v) is 7.16.